The smallest absolute Gasteiger partial charge is 0.328 e. The van der Waals surface area contributed by atoms with Crippen molar-refractivity contribution in [2.45, 2.75) is 6.92 Å². The molecule has 0 amide bonds. The van der Waals surface area contributed by atoms with Crippen molar-refractivity contribution in [1.29, 1.82) is 0 Å². The molecule has 3 aromatic rings. The highest BCUT2D eigenvalue weighted by atomic mass is 16.5. The minimum Gasteiger partial charge on any atom is -0.481 e. The molecular formula is C20H19N3O3. The Kier molecular flexibility index (Phi) is 5.77. The first-order chi connectivity index (χ1) is 12.8. The third-order valence-corrected chi connectivity index (χ3v) is 3.39. The molecule has 0 saturated heterocycles. The molecule has 0 bridgehead atoms. The summed E-state index contributed by atoms with van der Waals surface area (Å²) in [6.45, 7) is 2.37. The number of nitrogens with zero attached hydrogens (tertiary/aromatic N) is 3. The molecule has 26 heavy (non-hydrogen) atoms. The Balaban J connectivity index is 1.87. The van der Waals surface area contributed by atoms with Gasteiger partial charge in [-0.3, -0.25) is 4.99 Å². The van der Waals surface area contributed by atoms with Gasteiger partial charge in [-0.25, -0.2) is 0 Å². The van der Waals surface area contributed by atoms with Crippen LogP contribution in [0.3, 0.4) is 0 Å². The summed E-state index contributed by atoms with van der Waals surface area (Å²) in [4.78, 5) is 12.9. The van der Waals surface area contributed by atoms with E-state index in [2.05, 4.69) is 15.0 Å². The van der Waals surface area contributed by atoms with Crippen molar-refractivity contribution < 1.29 is 14.2 Å². The molecule has 0 fully saturated rings. The maximum absolute atomic E-state index is 5.85. The molecule has 0 unspecified atom stereocenters. The van der Waals surface area contributed by atoms with E-state index >= 15 is 0 Å². The van der Waals surface area contributed by atoms with Gasteiger partial charge in [0.05, 0.1) is 25.5 Å². The van der Waals surface area contributed by atoms with Crippen LogP contribution in [-0.4, -0.2) is 29.9 Å². The highest BCUT2D eigenvalue weighted by Crippen LogP contribution is 2.26. The monoisotopic (exact) mass is 349 g/mol. The van der Waals surface area contributed by atoms with E-state index in [0.29, 0.717) is 24.1 Å². The summed E-state index contributed by atoms with van der Waals surface area (Å²) in [7, 11) is 1.53. The Morgan fingerprint density at radius 1 is 0.962 bits per heavy atom. The highest BCUT2D eigenvalue weighted by Gasteiger charge is 2.10. The van der Waals surface area contributed by atoms with E-state index in [1.165, 1.54) is 7.11 Å². The molecule has 2 aromatic carbocycles. The van der Waals surface area contributed by atoms with Crippen LogP contribution < -0.4 is 14.2 Å². The zero-order chi connectivity index (χ0) is 18.2. The Labute approximate surface area is 152 Å². The van der Waals surface area contributed by atoms with E-state index in [-0.39, 0.29) is 6.01 Å². The third kappa shape index (κ3) is 4.57. The first-order valence-corrected chi connectivity index (χ1v) is 8.20. The first kappa shape index (κ1) is 17.4. The second-order valence-electron chi connectivity index (χ2n) is 5.20. The fourth-order valence-electron chi connectivity index (χ4n) is 2.19. The lowest BCUT2D eigenvalue weighted by Gasteiger charge is -2.10. The van der Waals surface area contributed by atoms with Crippen molar-refractivity contribution in [1.82, 2.24) is 9.97 Å². The second kappa shape index (κ2) is 8.62. The quantitative estimate of drug-likeness (QED) is 0.591. The number of aliphatic imine (C=N–C) groups is 1. The van der Waals surface area contributed by atoms with Gasteiger partial charge in [-0.1, -0.05) is 30.3 Å². The molecule has 1 heterocycles. The number of hydrogen-bond acceptors (Lipinski definition) is 6. The number of rotatable bonds is 7. The molecule has 0 spiro atoms. The zero-order valence-corrected chi connectivity index (χ0v) is 14.6. The van der Waals surface area contributed by atoms with E-state index in [4.69, 9.17) is 14.2 Å². The number of para-hydroxylation sites is 2. The predicted molar refractivity (Wildman–Crippen MR) is 100.0 cm³/mol. The van der Waals surface area contributed by atoms with Crippen molar-refractivity contribution in [2.75, 3.05) is 13.7 Å². The van der Waals surface area contributed by atoms with Crippen molar-refractivity contribution >= 4 is 11.9 Å². The Morgan fingerprint density at radius 2 is 1.69 bits per heavy atom. The van der Waals surface area contributed by atoms with Gasteiger partial charge in [0.2, 0.25) is 11.8 Å². The fourth-order valence-corrected chi connectivity index (χ4v) is 2.19. The van der Waals surface area contributed by atoms with E-state index in [9.17, 15) is 0 Å². The maximum Gasteiger partial charge on any atom is 0.328 e. The van der Waals surface area contributed by atoms with Crippen LogP contribution in [0.4, 0.5) is 5.69 Å². The summed E-state index contributed by atoms with van der Waals surface area (Å²) in [6, 6.07) is 19.0. The fraction of sp³-hybridized carbons (Fsp3) is 0.150. The molecular weight excluding hydrogens is 330 g/mol. The van der Waals surface area contributed by atoms with Crippen LogP contribution in [0, 0.1) is 0 Å². The first-order valence-electron chi connectivity index (χ1n) is 8.20. The molecule has 0 aliphatic carbocycles. The lowest BCUT2D eigenvalue weighted by molar-refractivity contribution is 0.309. The number of benzene rings is 2. The molecule has 1 aromatic heterocycles. The Morgan fingerprint density at radius 3 is 2.46 bits per heavy atom. The Hall–Kier alpha value is -3.41. The number of aromatic nitrogens is 2. The summed E-state index contributed by atoms with van der Waals surface area (Å²) in [5.41, 5.74) is 1.67. The SMILES string of the molecule is CCOc1cc(OC)nc(Oc2ccccc2C=Nc2ccccc2)n1. The van der Waals surface area contributed by atoms with Gasteiger partial charge in [0.1, 0.15) is 5.75 Å². The zero-order valence-electron chi connectivity index (χ0n) is 14.6. The molecule has 6 nitrogen and oxygen atoms in total. The van der Waals surface area contributed by atoms with E-state index in [0.717, 1.165) is 11.3 Å². The minimum atomic E-state index is 0.147. The minimum absolute atomic E-state index is 0.147. The highest BCUT2D eigenvalue weighted by molar-refractivity contribution is 5.85. The number of hydrogen-bond donors (Lipinski definition) is 0. The van der Waals surface area contributed by atoms with Gasteiger partial charge in [0.15, 0.2) is 0 Å². The van der Waals surface area contributed by atoms with Gasteiger partial charge in [0, 0.05) is 11.8 Å². The summed E-state index contributed by atoms with van der Waals surface area (Å²) in [6.07, 6.45) is 1.74. The summed E-state index contributed by atoms with van der Waals surface area (Å²) < 4.78 is 16.5. The third-order valence-electron chi connectivity index (χ3n) is 3.39. The largest absolute Gasteiger partial charge is 0.481 e. The van der Waals surface area contributed by atoms with Crippen molar-refractivity contribution in [3.05, 3.63) is 66.2 Å². The van der Waals surface area contributed by atoms with Crippen molar-refractivity contribution in [2.24, 2.45) is 4.99 Å². The van der Waals surface area contributed by atoms with Crippen LogP contribution in [-0.2, 0) is 0 Å². The van der Waals surface area contributed by atoms with Crippen LogP contribution in [0.2, 0.25) is 0 Å². The lowest BCUT2D eigenvalue weighted by atomic mass is 10.2. The Bertz CT molecular complexity index is 882. The van der Waals surface area contributed by atoms with Crippen molar-refractivity contribution in [3.8, 4) is 23.5 Å². The predicted octanol–water partition coefficient (Wildman–Crippen LogP) is 4.43. The average molecular weight is 349 g/mol. The van der Waals surface area contributed by atoms with Gasteiger partial charge >= 0.3 is 6.01 Å². The van der Waals surface area contributed by atoms with Gasteiger partial charge in [-0.15, -0.1) is 0 Å². The maximum atomic E-state index is 5.85. The van der Waals surface area contributed by atoms with Gasteiger partial charge in [-0.05, 0) is 31.2 Å². The van der Waals surface area contributed by atoms with Crippen LogP contribution >= 0.6 is 0 Å². The lowest BCUT2D eigenvalue weighted by Crippen LogP contribution is -2.01. The van der Waals surface area contributed by atoms with E-state index < -0.39 is 0 Å². The average Bonchev–Trinajstić information content (AvgIpc) is 2.68. The van der Waals surface area contributed by atoms with Crippen LogP contribution in [0.25, 0.3) is 0 Å². The summed E-state index contributed by atoms with van der Waals surface area (Å²) in [5, 5.41) is 0. The second-order valence-corrected chi connectivity index (χ2v) is 5.20. The normalized spacial score (nSPS) is 10.7. The molecule has 0 N–H and O–H groups in total. The molecule has 0 aliphatic heterocycles. The van der Waals surface area contributed by atoms with Gasteiger partial charge in [0.25, 0.3) is 0 Å². The van der Waals surface area contributed by atoms with Crippen molar-refractivity contribution in [3.63, 3.8) is 0 Å². The molecule has 0 radical (unpaired) electrons. The van der Waals surface area contributed by atoms with Gasteiger partial charge < -0.3 is 14.2 Å². The molecule has 0 aliphatic rings. The van der Waals surface area contributed by atoms with Crippen LogP contribution in [0.5, 0.6) is 23.5 Å². The van der Waals surface area contributed by atoms with E-state index in [1.54, 1.807) is 12.3 Å². The molecule has 6 heteroatoms. The molecule has 132 valence electrons. The molecule has 0 atom stereocenters. The van der Waals surface area contributed by atoms with Crippen LogP contribution in [0.15, 0.2) is 65.7 Å². The topological polar surface area (TPSA) is 65.8 Å². The molecule has 3 rings (SSSR count). The number of ether oxygens (including phenoxy) is 3. The summed E-state index contributed by atoms with van der Waals surface area (Å²) in [5.74, 6) is 1.35. The summed E-state index contributed by atoms with van der Waals surface area (Å²) >= 11 is 0. The van der Waals surface area contributed by atoms with E-state index in [1.807, 2.05) is 61.5 Å². The number of methoxy groups -OCH3 is 1. The van der Waals surface area contributed by atoms with Crippen LogP contribution in [0.1, 0.15) is 12.5 Å². The molecule has 0 saturated carbocycles. The van der Waals surface area contributed by atoms with Gasteiger partial charge in [-0.2, -0.15) is 9.97 Å². The standard InChI is InChI=1S/C20H19N3O3/c1-3-25-19-13-18(24-2)22-20(23-19)26-17-12-8-7-9-15(17)14-21-16-10-5-4-6-11-16/h4-14H,3H2,1-2H3.